The number of carbonyl (C=O) groups is 1. The summed E-state index contributed by atoms with van der Waals surface area (Å²) >= 11 is 0. The molecule has 0 aliphatic rings. The lowest BCUT2D eigenvalue weighted by Gasteiger charge is -2.21. The van der Waals surface area contributed by atoms with Crippen LogP contribution >= 0.6 is 0 Å². The maximum absolute atomic E-state index is 12.9. The van der Waals surface area contributed by atoms with Gasteiger partial charge < -0.3 is 10.0 Å². The Bertz CT molecular complexity index is 514. The molecule has 0 bridgehead atoms. The Morgan fingerprint density at radius 1 is 1.59 bits per heavy atom. The molecule has 1 rings (SSSR count). The van der Waals surface area contributed by atoms with E-state index in [1.807, 2.05) is 0 Å². The predicted octanol–water partition coefficient (Wildman–Crippen LogP) is 1.22. The fourth-order valence-corrected chi connectivity index (χ4v) is 1.37. The fraction of sp³-hybridized carbons (Fsp3) is 0.167. The molecule has 0 amide bonds. The van der Waals surface area contributed by atoms with E-state index in [4.69, 9.17) is 16.8 Å². The lowest BCUT2D eigenvalue weighted by molar-refractivity contribution is -0.135. The quantitative estimate of drug-likeness (QED) is 0.793. The average Bonchev–Trinajstić information content (AvgIpc) is 2.27. The molecule has 0 aliphatic heterocycles. The number of nitriles is 1. The summed E-state index contributed by atoms with van der Waals surface area (Å²) < 4.78 is 12.9. The number of carboxylic acids is 1. The van der Waals surface area contributed by atoms with Gasteiger partial charge in [0.1, 0.15) is 18.4 Å². The monoisotopic (exact) mass is 232 g/mol. The molecule has 0 atom stereocenters. The van der Waals surface area contributed by atoms with Gasteiger partial charge in [0.15, 0.2) is 0 Å². The number of halogens is 1. The Labute approximate surface area is 97.9 Å². The molecule has 1 aromatic rings. The molecule has 0 spiro atoms. The largest absolute Gasteiger partial charge is 0.480 e. The zero-order valence-electron chi connectivity index (χ0n) is 8.85. The number of rotatable bonds is 4. The van der Waals surface area contributed by atoms with Gasteiger partial charge >= 0.3 is 5.97 Å². The van der Waals surface area contributed by atoms with Gasteiger partial charge in [0.05, 0.1) is 17.8 Å². The molecule has 1 N–H and O–H groups in total. The molecule has 86 valence electrons. The van der Waals surface area contributed by atoms with E-state index in [9.17, 15) is 9.18 Å². The highest BCUT2D eigenvalue weighted by atomic mass is 19.1. The third-order valence-electron chi connectivity index (χ3n) is 2.03. The maximum atomic E-state index is 12.9. The molecule has 4 nitrogen and oxygen atoms in total. The van der Waals surface area contributed by atoms with Gasteiger partial charge in [-0.1, -0.05) is 5.92 Å². The number of anilines is 1. The van der Waals surface area contributed by atoms with E-state index in [1.54, 1.807) is 6.07 Å². The minimum absolute atomic E-state index is 0.0343. The van der Waals surface area contributed by atoms with Crippen molar-refractivity contribution in [1.29, 1.82) is 5.26 Å². The van der Waals surface area contributed by atoms with Crippen molar-refractivity contribution >= 4 is 11.7 Å². The summed E-state index contributed by atoms with van der Waals surface area (Å²) in [6.07, 6.45) is 5.12. The van der Waals surface area contributed by atoms with E-state index < -0.39 is 11.8 Å². The molecule has 5 heteroatoms. The number of benzene rings is 1. The number of nitrogens with zero attached hydrogens (tertiary/aromatic N) is 2. The smallest absolute Gasteiger partial charge is 0.323 e. The van der Waals surface area contributed by atoms with E-state index in [2.05, 4.69) is 5.92 Å². The first-order chi connectivity index (χ1) is 8.08. The Hall–Kier alpha value is -2.53. The normalized spacial score (nSPS) is 9.12. The van der Waals surface area contributed by atoms with Crippen LogP contribution in [0.25, 0.3) is 0 Å². The summed E-state index contributed by atoms with van der Waals surface area (Å²) in [6.45, 7) is -0.308. The fourth-order valence-electron chi connectivity index (χ4n) is 1.37. The van der Waals surface area contributed by atoms with Gasteiger partial charge in [0, 0.05) is 0 Å². The van der Waals surface area contributed by atoms with E-state index in [0.717, 1.165) is 12.1 Å². The first-order valence-electron chi connectivity index (χ1n) is 4.68. The summed E-state index contributed by atoms with van der Waals surface area (Å²) in [5.41, 5.74) is 0.371. The minimum atomic E-state index is -1.08. The standard InChI is InChI=1S/C12H9FN2O2/c1-2-5-15(8-12(16)17)11-4-3-10(13)6-9(11)7-14/h1,3-4,6H,5,8H2,(H,16,17). The maximum Gasteiger partial charge on any atom is 0.323 e. The van der Waals surface area contributed by atoms with Crippen molar-refractivity contribution in [2.75, 3.05) is 18.0 Å². The number of carboxylic acid groups (broad SMARTS) is 1. The molecule has 0 fully saturated rings. The first kappa shape index (κ1) is 12.5. The second kappa shape index (κ2) is 5.53. The Kier molecular flexibility index (Phi) is 4.08. The second-order valence-electron chi connectivity index (χ2n) is 3.23. The summed E-state index contributed by atoms with van der Waals surface area (Å²) in [5.74, 6) is 0.667. The molecule has 17 heavy (non-hydrogen) atoms. The topological polar surface area (TPSA) is 64.3 Å². The van der Waals surface area contributed by atoms with Crippen LogP contribution in [0.1, 0.15) is 5.56 Å². The summed E-state index contributed by atoms with van der Waals surface area (Å²) in [7, 11) is 0. The Balaban J connectivity index is 3.14. The van der Waals surface area contributed by atoms with Crippen LogP contribution < -0.4 is 4.90 Å². The highest BCUT2D eigenvalue weighted by molar-refractivity contribution is 5.75. The zero-order valence-corrected chi connectivity index (χ0v) is 8.85. The van der Waals surface area contributed by atoms with Crippen LogP contribution in [0.15, 0.2) is 18.2 Å². The summed E-state index contributed by atoms with van der Waals surface area (Å²) in [4.78, 5) is 12.0. The van der Waals surface area contributed by atoms with Gasteiger partial charge in [-0.05, 0) is 18.2 Å². The highest BCUT2D eigenvalue weighted by Crippen LogP contribution is 2.20. The van der Waals surface area contributed by atoms with Gasteiger partial charge in [-0.3, -0.25) is 4.79 Å². The van der Waals surface area contributed by atoms with Crippen LogP contribution in [0.4, 0.5) is 10.1 Å². The molecular formula is C12H9FN2O2. The van der Waals surface area contributed by atoms with Crippen molar-refractivity contribution in [3.8, 4) is 18.4 Å². The SMILES string of the molecule is C#CCN(CC(=O)O)c1ccc(F)cc1C#N. The number of terminal acetylenes is 1. The predicted molar refractivity (Wildman–Crippen MR) is 59.8 cm³/mol. The minimum Gasteiger partial charge on any atom is -0.480 e. The van der Waals surface area contributed by atoms with Crippen molar-refractivity contribution < 1.29 is 14.3 Å². The van der Waals surface area contributed by atoms with Gasteiger partial charge in [-0.15, -0.1) is 6.42 Å². The molecule has 0 unspecified atom stereocenters. The lowest BCUT2D eigenvalue weighted by atomic mass is 10.1. The highest BCUT2D eigenvalue weighted by Gasteiger charge is 2.14. The molecule has 0 saturated carbocycles. The van der Waals surface area contributed by atoms with Crippen LogP contribution in [-0.4, -0.2) is 24.2 Å². The summed E-state index contributed by atoms with van der Waals surface area (Å²) in [5, 5.41) is 17.6. The van der Waals surface area contributed by atoms with Crippen LogP contribution in [0, 0.1) is 29.5 Å². The van der Waals surface area contributed by atoms with Crippen molar-refractivity contribution in [1.82, 2.24) is 0 Å². The molecule has 1 aromatic carbocycles. The lowest BCUT2D eigenvalue weighted by Crippen LogP contribution is -2.30. The van der Waals surface area contributed by atoms with Crippen LogP contribution in [0.2, 0.25) is 0 Å². The van der Waals surface area contributed by atoms with E-state index in [-0.39, 0.29) is 18.7 Å². The summed E-state index contributed by atoms with van der Waals surface area (Å²) in [6, 6.07) is 5.34. The van der Waals surface area contributed by atoms with E-state index in [0.29, 0.717) is 5.69 Å². The molecule has 0 aliphatic carbocycles. The van der Waals surface area contributed by atoms with E-state index >= 15 is 0 Å². The van der Waals surface area contributed by atoms with E-state index in [1.165, 1.54) is 11.0 Å². The third-order valence-corrected chi connectivity index (χ3v) is 2.03. The van der Waals surface area contributed by atoms with Crippen molar-refractivity contribution in [3.63, 3.8) is 0 Å². The van der Waals surface area contributed by atoms with Crippen LogP contribution in [0.3, 0.4) is 0 Å². The van der Waals surface area contributed by atoms with Crippen LogP contribution in [-0.2, 0) is 4.79 Å². The van der Waals surface area contributed by atoms with Gasteiger partial charge in [0.25, 0.3) is 0 Å². The third kappa shape index (κ3) is 3.22. The molecule has 0 radical (unpaired) electrons. The average molecular weight is 232 g/mol. The van der Waals surface area contributed by atoms with Crippen molar-refractivity contribution in [2.45, 2.75) is 0 Å². The van der Waals surface area contributed by atoms with Crippen LogP contribution in [0.5, 0.6) is 0 Å². The second-order valence-corrected chi connectivity index (χ2v) is 3.23. The molecule has 0 saturated heterocycles. The van der Waals surface area contributed by atoms with Gasteiger partial charge in [0.2, 0.25) is 0 Å². The Morgan fingerprint density at radius 3 is 2.82 bits per heavy atom. The van der Waals surface area contributed by atoms with Crippen molar-refractivity contribution in [3.05, 3.63) is 29.6 Å². The molecular weight excluding hydrogens is 223 g/mol. The number of hydrogen-bond acceptors (Lipinski definition) is 3. The first-order valence-corrected chi connectivity index (χ1v) is 4.68. The number of hydrogen-bond donors (Lipinski definition) is 1. The number of aliphatic carboxylic acids is 1. The molecule has 0 heterocycles. The molecule has 0 aromatic heterocycles. The van der Waals surface area contributed by atoms with Gasteiger partial charge in [-0.25, -0.2) is 4.39 Å². The zero-order chi connectivity index (χ0) is 12.8. The van der Waals surface area contributed by atoms with Crippen molar-refractivity contribution in [2.24, 2.45) is 0 Å². The van der Waals surface area contributed by atoms with Gasteiger partial charge in [-0.2, -0.15) is 5.26 Å². The Morgan fingerprint density at radius 2 is 2.29 bits per heavy atom.